The number of para-hydroxylation sites is 2. The Bertz CT molecular complexity index is 963. The molecule has 0 saturated carbocycles. The zero-order chi connectivity index (χ0) is 21.8. The Morgan fingerprint density at radius 3 is 2.43 bits per heavy atom. The van der Waals surface area contributed by atoms with Crippen LogP contribution in [0, 0.1) is 20.8 Å². The Hall–Kier alpha value is -3.35. The molecule has 3 amide bonds. The van der Waals surface area contributed by atoms with Gasteiger partial charge >= 0.3 is 0 Å². The van der Waals surface area contributed by atoms with E-state index >= 15 is 0 Å². The highest BCUT2D eigenvalue weighted by Crippen LogP contribution is 2.33. The first-order valence-electron chi connectivity index (χ1n) is 9.97. The monoisotopic (exact) mass is 409 g/mol. The van der Waals surface area contributed by atoms with E-state index in [1.807, 2.05) is 45.0 Å². The zero-order valence-electron chi connectivity index (χ0n) is 17.7. The van der Waals surface area contributed by atoms with Crippen molar-refractivity contribution in [3.05, 3.63) is 53.1 Å². The summed E-state index contributed by atoms with van der Waals surface area (Å²) in [5.74, 6) is -0.162. The molecule has 0 aromatic heterocycles. The van der Waals surface area contributed by atoms with E-state index in [1.54, 1.807) is 24.0 Å². The lowest BCUT2D eigenvalue weighted by Gasteiger charge is -2.32. The van der Waals surface area contributed by atoms with Gasteiger partial charge in [0.2, 0.25) is 11.8 Å². The maximum absolute atomic E-state index is 12.5. The summed E-state index contributed by atoms with van der Waals surface area (Å²) in [6.45, 7) is 7.65. The molecule has 7 heteroatoms. The van der Waals surface area contributed by atoms with Crippen LogP contribution in [0.25, 0.3) is 0 Å². The number of ether oxygens (including phenoxy) is 1. The lowest BCUT2D eigenvalue weighted by atomic mass is 10.1. The van der Waals surface area contributed by atoms with Crippen molar-refractivity contribution >= 4 is 29.1 Å². The van der Waals surface area contributed by atoms with Gasteiger partial charge in [-0.2, -0.15) is 0 Å². The number of nitrogens with zero attached hydrogens (tertiary/aromatic N) is 1. The van der Waals surface area contributed by atoms with Crippen LogP contribution in [0.5, 0.6) is 5.75 Å². The van der Waals surface area contributed by atoms with Crippen molar-refractivity contribution in [2.24, 2.45) is 0 Å². The third kappa shape index (κ3) is 4.79. The topological polar surface area (TPSA) is 87.7 Å². The van der Waals surface area contributed by atoms with Crippen molar-refractivity contribution in [2.75, 3.05) is 23.3 Å². The van der Waals surface area contributed by atoms with Crippen LogP contribution in [-0.4, -0.2) is 36.9 Å². The molecule has 1 atom stereocenters. The summed E-state index contributed by atoms with van der Waals surface area (Å²) in [5.41, 5.74) is 4.50. The normalized spacial score (nSPS) is 15.3. The van der Waals surface area contributed by atoms with Gasteiger partial charge in [-0.05, 0) is 51.0 Å². The molecule has 0 bridgehead atoms. The summed E-state index contributed by atoms with van der Waals surface area (Å²) in [4.78, 5) is 38.5. The van der Waals surface area contributed by atoms with Gasteiger partial charge in [0, 0.05) is 18.7 Å². The van der Waals surface area contributed by atoms with Crippen LogP contribution >= 0.6 is 0 Å². The third-order valence-corrected chi connectivity index (χ3v) is 5.02. The standard InChI is InChI=1S/C23H27N3O4/c1-14-11-15(2)22(16(3)12-14)25-21(28)13-24-20(27)9-10-26-18-7-5-6-8-19(18)30-17(4)23(26)29/h5-8,11-12,17H,9-10,13H2,1-4H3,(H,24,27)(H,25,28)/t17-/m1/s1. The molecule has 0 fully saturated rings. The predicted molar refractivity (Wildman–Crippen MR) is 116 cm³/mol. The van der Waals surface area contributed by atoms with E-state index in [4.69, 9.17) is 4.74 Å². The summed E-state index contributed by atoms with van der Waals surface area (Å²) in [6.07, 6.45) is -0.516. The number of fused-ring (bicyclic) bond motifs is 1. The van der Waals surface area contributed by atoms with Gasteiger partial charge in [0.1, 0.15) is 5.75 Å². The van der Waals surface area contributed by atoms with Crippen molar-refractivity contribution in [3.63, 3.8) is 0 Å². The van der Waals surface area contributed by atoms with E-state index in [9.17, 15) is 14.4 Å². The van der Waals surface area contributed by atoms with Crippen LogP contribution in [0.1, 0.15) is 30.0 Å². The second-order valence-electron chi connectivity index (χ2n) is 7.57. The highest BCUT2D eigenvalue weighted by atomic mass is 16.5. The van der Waals surface area contributed by atoms with Crippen molar-refractivity contribution in [1.29, 1.82) is 0 Å². The molecule has 30 heavy (non-hydrogen) atoms. The quantitative estimate of drug-likeness (QED) is 0.768. The summed E-state index contributed by atoms with van der Waals surface area (Å²) >= 11 is 0. The zero-order valence-corrected chi connectivity index (χ0v) is 17.7. The molecular formula is C23H27N3O4. The Labute approximate surface area is 176 Å². The van der Waals surface area contributed by atoms with Crippen molar-refractivity contribution < 1.29 is 19.1 Å². The minimum atomic E-state index is -0.602. The summed E-state index contributed by atoms with van der Waals surface area (Å²) in [5, 5.41) is 5.48. The molecule has 0 spiro atoms. The molecule has 158 valence electrons. The van der Waals surface area contributed by atoms with Gasteiger partial charge in [-0.15, -0.1) is 0 Å². The number of nitrogens with one attached hydrogen (secondary N) is 2. The number of hydrogen-bond donors (Lipinski definition) is 2. The molecule has 1 heterocycles. The second-order valence-corrected chi connectivity index (χ2v) is 7.57. The molecule has 0 aliphatic carbocycles. The molecule has 1 aliphatic rings. The summed E-state index contributed by atoms with van der Waals surface area (Å²) in [7, 11) is 0. The molecule has 2 aromatic carbocycles. The highest BCUT2D eigenvalue weighted by molar-refractivity contribution is 6.00. The van der Waals surface area contributed by atoms with E-state index in [1.165, 1.54) is 0 Å². The maximum atomic E-state index is 12.5. The van der Waals surface area contributed by atoms with Crippen LogP contribution in [0.4, 0.5) is 11.4 Å². The van der Waals surface area contributed by atoms with Crippen LogP contribution in [0.15, 0.2) is 36.4 Å². The first-order valence-corrected chi connectivity index (χ1v) is 9.97. The molecule has 0 saturated heterocycles. The molecule has 7 nitrogen and oxygen atoms in total. The van der Waals surface area contributed by atoms with Crippen molar-refractivity contribution in [1.82, 2.24) is 5.32 Å². The average molecular weight is 409 g/mol. The SMILES string of the molecule is Cc1cc(C)c(NC(=O)CNC(=O)CCN2C(=O)[C@@H](C)Oc3ccccc32)c(C)c1. The fourth-order valence-corrected chi connectivity index (χ4v) is 3.63. The van der Waals surface area contributed by atoms with E-state index in [2.05, 4.69) is 10.6 Å². The highest BCUT2D eigenvalue weighted by Gasteiger charge is 2.31. The number of carbonyl (C=O) groups is 3. The predicted octanol–water partition coefficient (Wildman–Crippen LogP) is 2.87. The van der Waals surface area contributed by atoms with Crippen LogP contribution in [0.3, 0.4) is 0 Å². The van der Waals surface area contributed by atoms with Crippen molar-refractivity contribution in [2.45, 2.75) is 40.2 Å². The number of benzene rings is 2. The van der Waals surface area contributed by atoms with Gasteiger partial charge in [-0.1, -0.05) is 29.8 Å². The van der Waals surface area contributed by atoms with Gasteiger partial charge in [-0.25, -0.2) is 0 Å². The van der Waals surface area contributed by atoms with Gasteiger partial charge in [0.25, 0.3) is 5.91 Å². The van der Waals surface area contributed by atoms with E-state index in [0.717, 1.165) is 22.4 Å². The molecule has 2 N–H and O–H groups in total. The molecule has 3 rings (SSSR count). The van der Waals surface area contributed by atoms with Crippen LogP contribution in [-0.2, 0) is 14.4 Å². The molecular weight excluding hydrogens is 382 g/mol. The Balaban J connectivity index is 1.53. The molecule has 2 aromatic rings. The summed E-state index contributed by atoms with van der Waals surface area (Å²) < 4.78 is 5.60. The van der Waals surface area contributed by atoms with E-state index in [0.29, 0.717) is 11.4 Å². The largest absolute Gasteiger partial charge is 0.479 e. The lowest BCUT2D eigenvalue weighted by molar-refractivity contribution is -0.126. The Kier molecular flexibility index (Phi) is 6.40. The van der Waals surface area contributed by atoms with Crippen LogP contribution in [0.2, 0.25) is 0 Å². The average Bonchev–Trinajstić information content (AvgIpc) is 2.69. The van der Waals surface area contributed by atoms with Gasteiger partial charge in [0.05, 0.1) is 12.2 Å². The van der Waals surface area contributed by atoms with Gasteiger partial charge in [-0.3, -0.25) is 14.4 Å². The Morgan fingerprint density at radius 1 is 1.07 bits per heavy atom. The maximum Gasteiger partial charge on any atom is 0.267 e. The smallest absolute Gasteiger partial charge is 0.267 e. The number of anilines is 2. The first kappa shape index (κ1) is 21.4. The number of amides is 3. The lowest BCUT2D eigenvalue weighted by Crippen LogP contribution is -2.46. The van der Waals surface area contributed by atoms with E-state index in [-0.39, 0.29) is 37.2 Å². The molecule has 1 aliphatic heterocycles. The first-order chi connectivity index (χ1) is 14.3. The Morgan fingerprint density at radius 2 is 1.73 bits per heavy atom. The number of carbonyl (C=O) groups excluding carboxylic acids is 3. The fourth-order valence-electron chi connectivity index (χ4n) is 3.63. The number of aryl methyl sites for hydroxylation is 3. The molecule has 0 unspecified atom stereocenters. The molecule has 0 radical (unpaired) electrons. The second kappa shape index (κ2) is 8.98. The summed E-state index contributed by atoms with van der Waals surface area (Å²) in [6, 6.07) is 11.2. The van der Waals surface area contributed by atoms with Gasteiger partial charge < -0.3 is 20.3 Å². The van der Waals surface area contributed by atoms with Crippen molar-refractivity contribution in [3.8, 4) is 5.75 Å². The third-order valence-electron chi connectivity index (χ3n) is 5.02. The minimum Gasteiger partial charge on any atom is -0.479 e. The van der Waals surface area contributed by atoms with Gasteiger partial charge in [0.15, 0.2) is 6.10 Å². The number of rotatable bonds is 6. The number of hydrogen-bond acceptors (Lipinski definition) is 4. The van der Waals surface area contributed by atoms with Crippen LogP contribution < -0.4 is 20.3 Å². The van der Waals surface area contributed by atoms with E-state index < -0.39 is 6.10 Å². The fraction of sp³-hybridized carbons (Fsp3) is 0.348. The minimum absolute atomic E-state index is 0.0860.